The average Bonchev–Trinajstić information content (AvgIpc) is 2.75. The zero-order valence-corrected chi connectivity index (χ0v) is 9.19. The number of carbonyl (C=O) groups excluding carboxylic acids is 1. The number of ether oxygens (including phenoxy) is 1. The van der Waals surface area contributed by atoms with E-state index in [9.17, 15) is 4.79 Å². The van der Waals surface area contributed by atoms with Crippen LogP contribution in [0.25, 0.3) is 11.3 Å². The summed E-state index contributed by atoms with van der Waals surface area (Å²) >= 11 is 0. The van der Waals surface area contributed by atoms with Crippen LogP contribution in [0, 0.1) is 6.92 Å². The summed E-state index contributed by atoms with van der Waals surface area (Å²) in [7, 11) is 1.37. The van der Waals surface area contributed by atoms with E-state index in [1.807, 2.05) is 31.2 Å². The molecule has 0 spiro atoms. The molecule has 0 aliphatic heterocycles. The fourth-order valence-electron chi connectivity index (χ4n) is 1.57. The molecule has 3 nitrogen and oxygen atoms in total. The second-order valence-corrected chi connectivity index (χ2v) is 3.45. The maximum Gasteiger partial charge on any atom is 0.338 e. The van der Waals surface area contributed by atoms with Gasteiger partial charge in [-0.3, -0.25) is 0 Å². The number of hydrogen-bond acceptors (Lipinski definition) is 3. The van der Waals surface area contributed by atoms with Crippen molar-refractivity contribution in [2.75, 3.05) is 7.11 Å². The van der Waals surface area contributed by atoms with Gasteiger partial charge in [-0.2, -0.15) is 0 Å². The van der Waals surface area contributed by atoms with E-state index < -0.39 is 0 Å². The van der Waals surface area contributed by atoms with Gasteiger partial charge in [0.25, 0.3) is 0 Å². The Morgan fingerprint density at radius 1 is 1.19 bits per heavy atom. The molecule has 0 unspecified atom stereocenters. The summed E-state index contributed by atoms with van der Waals surface area (Å²) in [6, 6.07) is 10.9. The fraction of sp³-hybridized carbons (Fsp3) is 0.154. The molecule has 0 atom stereocenters. The number of hydrogen-bond donors (Lipinski definition) is 0. The Labute approximate surface area is 93.7 Å². The molecule has 0 aliphatic rings. The molecular formula is C13H12O3. The Hall–Kier alpha value is -2.03. The topological polar surface area (TPSA) is 39.4 Å². The van der Waals surface area contributed by atoms with E-state index in [0.29, 0.717) is 11.3 Å². The quantitative estimate of drug-likeness (QED) is 0.724. The first-order chi connectivity index (χ1) is 7.72. The fourth-order valence-corrected chi connectivity index (χ4v) is 1.57. The van der Waals surface area contributed by atoms with Gasteiger partial charge in [0.1, 0.15) is 11.5 Å². The van der Waals surface area contributed by atoms with E-state index in [0.717, 1.165) is 11.3 Å². The zero-order valence-electron chi connectivity index (χ0n) is 9.19. The van der Waals surface area contributed by atoms with Crippen molar-refractivity contribution in [2.45, 2.75) is 6.92 Å². The third-order valence-electron chi connectivity index (χ3n) is 2.34. The van der Waals surface area contributed by atoms with Crippen LogP contribution in [0.1, 0.15) is 16.1 Å². The molecule has 1 heterocycles. The van der Waals surface area contributed by atoms with Crippen LogP contribution < -0.4 is 0 Å². The van der Waals surface area contributed by atoms with Crippen molar-refractivity contribution in [2.24, 2.45) is 0 Å². The number of methoxy groups -OCH3 is 1. The summed E-state index contributed by atoms with van der Waals surface area (Å²) in [4.78, 5) is 11.6. The number of aryl methyl sites for hydroxylation is 1. The molecule has 82 valence electrons. The SMILES string of the molecule is COC(=O)c1ccccc1-c1ccc(C)o1. The van der Waals surface area contributed by atoms with Gasteiger partial charge in [-0.25, -0.2) is 4.79 Å². The third-order valence-corrected chi connectivity index (χ3v) is 2.34. The summed E-state index contributed by atoms with van der Waals surface area (Å²) in [6.07, 6.45) is 0. The molecule has 0 aliphatic carbocycles. The maximum absolute atomic E-state index is 11.6. The van der Waals surface area contributed by atoms with Crippen LogP contribution in [0.4, 0.5) is 0 Å². The molecule has 0 saturated carbocycles. The first-order valence-corrected chi connectivity index (χ1v) is 4.96. The Kier molecular flexibility index (Phi) is 2.77. The van der Waals surface area contributed by atoms with Gasteiger partial charge in [0.2, 0.25) is 0 Å². The molecule has 2 rings (SSSR count). The van der Waals surface area contributed by atoms with Gasteiger partial charge in [0.15, 0.2) is 0 Å². The second kappa shape index (κ2) is 4.23. The van der Waals surface area contributed by atoms with Crippen molar-refractivity contribution in [1.29, 1.82) is 0 Å². The Morgan fingerprint density at radius 2 is 1.94 bits per heavy atom. The van der Waals surface area contributed by atoms with Crippen molar-refractivity contribution in [3.8, 4) is 11.3 Å². The largest absolute Gasteiger partial charge is 0.465 e. The highest BCUT2D eigenvalue weighted by molar-refractivity contribution is 5.96. The smallest absolute Gasteiger partial charge is 0.338 e. The van der Waals surface area contributed by atoms with Crippen LogP contribution in [0.5, 0.6) is 0 Å². The summed E-state index contributed by atoms with van der Waals surface area (Å²) in [5, 5.41) is 0. The van der Waals surface area contributed by atoms with Gasteiger partial charge in [-0.15, -0.1) is 0 Å². The molecule has 1 aromatic carbocycles. The first kappa shape index (κ1) is 10.5. The summed E-state index contributed by atoms with van der Waals surface area (Å²) < 4.78 is 10.2. The molecule has 3 heteroatoms. The lowest BCUT2D eigenvalue weighted by Crippen LogP contribution is -2.02. The number of benzene rings is 1. The minimum atomic E-state index is -0.357. The molecule has 2 aromatic rings. The van der Waals surface area contributed by atoms with E-state index in [-0.39, 0.29) is 5.97 Å². The lowest BCUT2D eigenvalue weighted by atomic mass is 10.1. The van der Waals surface area contributed by atoms with E-state index in [1.165, 1.54) is 7.11 Å². The molecular weight excluding hydrogens is 204 g/mol. The second-order valence-electron chi connectivity index (χ2n) is 3.45. The lowest BCUT2D eigenvalue weighted by Gasteiger charge is -2.04. The van der Waals surface area contributed by atoms with Crippen molar-refractivity contribution >= 4 is 5.97 Å². The standard InChI is InChI=1S/C13H12O3/c1-9-7-8-12(16-9)10-5-3-4-6-11(10)13(14)15-2/h3-8H,1-2H3. The molecule has 0 amide bonds. The molecule has 0 bridgehead atoms. The van der Waals surface area contributed by atoms with E-state index in [2.05, 4.69) is 0 Å². The van der Waals surface area contributed by atoms with Crippen molar-refractivity contribution in [1.82, 2.24) is 0 Å². The molecule has 16 heavy (non-hydrogen) atoms. The predicted molar refractivity (Wildman–Crippen MR) is 60.2 cm³/mol. The van der Waals surface area contributed by atoms with Crippen LogP contribution in [-0.4, -0.2) is 13.1 Å². The van der Waals surface area contributed by atoms with Crippen molar-refractivity contribution in [3.63, 3.8) is 0 Å². The molecule has 0 fully saturated rings. The van der Waals surface area contributed by atoms with Gasteiger partial charge in [-0.1, -0.05) is 18.2 Å². The van der Waals surface area contributed by atoms with Gasteiger partial charge in [0, 0.05) is 5.56 Å². The Morgan fingerprint density at radius 3 is 2.56 bits per heavy atom. The average molecular weight is 216 g/mol. The Balaban J connectivity index is 2.52. The monoisotopic (exact) mass is 216 g/mol. The van der Waals surface area contributed by atoms with E-state index in [4.69, 9.17) is 9.15 Å². The van der Waals surface area contributed by atoms with Gasteiger partial charge < -0.3 is 9.15 Å². The zero-order chi connectivity index (χ0) is 11.5. The van der Waals surface area contributed by atoms with Gasteiger partial charge in [-0.05, 0) is 25.1 Å². The van der Waals surface area contributed by atoms with Crippen LogP contribution in [0.3, 0.4) is 0 Å². The third kappa shape index (κ3) is 1.84. The lowest BCUT2D eigenvalue weighted by molar-refractivity contribution is 0.0601. The maximum atomic E-state index is 11.6. The van der Waals surface area contributed by atoms with E-state index in [1.54, 1.807) is 12.1 Å². The minimum absolute atomic E-state index is 0.357. The number of furan rings is 1. The number of rotatable bonds is 2. The molecule has 0 N–H and O–H groups in total. The Bertz CT molecular complexity index is 511. The first-order valence-electron chi connectivity index (χ1n) is 4.96. The summed E-state index contributed by atoms with van der Waals surface area (Å²) in [5.41, 5.74) is 1.27. The highest BCUT2D eigenvalue weighted by Crippen LogP contribution is 2.25. The van der Waals surface area contributed by atoms with Gasteiger partial charge >= 0.3 is 5.97 Å². The molecule has 0 saturated heterocycles. The van der Waals surface area contributed by atoms with Crippen molar-refractivity contribution < 1.29 is 13.9 Å². The normalized spacial score (nSPS) is 10.1. The van der Waals surface area contributed by atoms with Crippen LogP contribution in [0.15, 0.2) is 40.8 Å². The molecule has 0 radical (unpaired) electrons. The summed E-state index contributed by atoms with van der Waals surface area (Å²) in [6.45, 7) is 1.87. The highest BCUT2D eigenvalue weighted by Gasteiger charge is 2.14. The van der Waals surface area contributed by atoms with Crippen LogP contribution >= 0.6 is 0 Å². The van der Waals surface area contributed by atoms with Gasteiger partial charge in [0.05, 0.1) is 12.7 Å². The summed E-state index contributed by atoms with van der Waals surface area (Å²) in [5.74, 6) is 1.14. The van der Waals surface area contributed by atoms with Crippen LogP contribution in [0.2, 0.25) is 0 Å². The van der Waals surface area contributed by atoms with E-state index >= 15 is 0 Å². The van der Waals surface area contributed by atoms with Crippen LogP contribution in [-0.2, 0) is 4.74 Å². The predicted octanol–water partition coefficient (Wildman–Crippen LogP) is 3.04. The number of carbonyl (C=O) groups is 1. The van der Waals surface area contributed by atoms with Crippen molar-refractivity contribution in [3.05, 3.63) is 47.7 Å². The number of esters is 1. The molecule has 1 aromatic heterocycles. The highest BCUT2D eigenvalue weighted by atomic mass is 16.5. The minimum Gasteiger partial charge on any atom is -0.465 e.